The number of ether oxygens (including phenoxy) is 1. The molecule has 146 valence electrons. The lowest BCUT2D eigenvalue weighted by atomic mass is 9.99. The van der Waals surface area contributed by atoms with Gasteiger partial charge in [0.2, 0.25) is 5.91 Å². The Kier molecular flexibility index (Phi) is 5.08. The summed E-state index contributed by atoms with van der Waals surface area (Å²) in [6, 6.07) is 8.98. The van der Waals surface area contributed by atoms with Crippen molar-refractivity contribution in [3.8, 4) is 0 Å². The molecule has 1 aliphatic rings. The summed E-state index contributed by atoms with van der Waals surface area (Å²) in [5.41, 5.74) is 2.35. The number of anilines is 1. The second-order valence-electron chi connectivity index (χ2n) is 6.76. The van der Waals surface area contributed by atoms with E-state index in [0.29, 0.717) is 16.8 Å². The van der Waals surface area contributed by atoms with Crippen molar-refractivity contribution < 1.29 is 27.5 Å². The third-order valence-electron chi connectivity index (χ3n) is 4.68. The minimum absolute atomic E-state index is 0.00107. The number of carbonyl (C=O) groups is 3. The monoisotopic (exact) mass is 401 g/mol. The lowest BCUT2D eigenvalue weighted by Crippen LogP contribution is -2.16. The van der Waals surface area contributed by atoms with Crippen molar-refractivity contribution in [3.05, 3.63) is 58.7 Å². The molecule has 0 saturated heterocycles. The highest BCUT2D eigenvalue weighted by atomic mass is 32.2. The van der Waals surface area contributed by atoms with Crippen LogP contribution in [0.1, 0.15) is 44.7 Å². The van der Waals surface area contributed by atoms with E-state index in [-0.39, 0.29) is 22.3 Å². The number of ketones is 1. The van der Waals surface area contributed by atoms with Crippen LogP contribution in [-0.2, 0) is 19.4 Å². The molecule has 0 saturated carbocycles. The van der Waals surface area contributed by atoms with Crippen molar-refractivity contribution in [1.82, 2.24) is 0 Å². The van der Waals surface area contributed by atoms with Gasteiger partial charge in [-0.3, -0.25) is 9.59 Å². The standard InChI is InChI=1S/C20H19NO6S/c1-11-4-6-14(28(3,25)26)9-15(11)20(24)27-10-18(22)13-5-7-17-16(8-13)12(2)19(23)21-17/h4-9,12H,10H2,1-3H3,(H,21,23)/t12-/m1/s1. The van der Waals surface area contributed by atoms with Crippen molar-refractivity contribution in [2.24, 2.45) is 0 Å². The molecule has 1 N–H and O–H groups in total. The van der Waals surface area contributed by atoms with Crippen LogP contribution in [0.2, 0.25) is 0 Å². The van der Waals surface area contributed by atoms with Crippen molar-refractivity contribution in [2.75, 3.05) is 18.2 Å². The van der Waals surface area contributed by atoms with Gasteiger partial charge in [0.25, 0.3) is 0 Å². The molecule has 7 nitrogen and oxygen atoms in total. The van der Waals surface area contributed by atoms with Crippen LogP contribution >= 0.6 is 0 Å². The maximum atomic E-state index is 12.4. The van der Waals surface area contributed by atoms with E-state index >= 15 is 0 Å². The number of aryl methyl sites for hydroxylation is 1. The maximum absolute atomic E-state index is 12.4. The predicted molar refractivity (Wildman–Crippen MR) is 102 cm³/mol. The van der Waals surface area contributed by atoms with Gasteiger partial charge in [-0.2, -0.15) is 0 Å². The number of sulfone groups is 1. The Morgan fingerprint density at radius 2 is 1.86 bits per heavy atom. The fourth-order valence-electron chi connectivity index (χ4n) is 2.93. The zero-order valence-electron chi connectivity index (χ0n) is 15.6. The number of Topliss-reactive ketones (excluding diaryl/α,β-unsaturated/α-hetero) is 1. The van der Waals surface area contributed by atoms with Crippen molar-refractivity contribution in [1.29, 1.82) is 0 Å². The first-order valence-electron chi connectivity index (χ1n) is 8.54. The number of nitrogens with one attached hydrogen (secondary N) is 1. The molecule has 0 aliphatic carbocycles. The van der Waals surface area contributed by atoms with Gasteiger partial charge < -0.3 is 10.1 Å². The normalized spacial score (nSPS) is 15.7. The van der Waals surface area contributed by atoms with E-state index in [1.807, 2.05) is 0 Å². The van der Waals surface area contributed by atoms with E-state index in [2.05, 4.69) is 5.32 Å². The van der Waals surface area contributed by atoms with E-state index in [0.717, 1.165) is 11.8 Å². The quantitative estimate of drug-likeness (QED) is 0.609. The average Bonchev–Trinajstić information content (AvgIpc) is 2.92. The molecule has 2 aromatic carbocycles. The second kappa shape index (κ2) is 7.20. The smallest absolute Gasteiger partial charge is 0.338 e. The summed E-state index contributed by atoms with van der Waals surface area (Å²) in [4.78, 5) is 36.4. The predicted octanol–water partition coefficient (Wildman–Crippen LogP) is 2.49. The van der Waals surface area contributed by atoms with Crippen LogP contribution in [0.4, 0.5) is 5.69 Å². The Labute approximate surface area is 162 Å². The fourth-order valence-corrected chi connectivity index (χ4v) is 3.58. The topological polar surface area (TPSA) is 107 Å². The zero-order chi connectivity index (χ0) is 20.6. The molecule has 1 aliphatic heterocycles. The summed E-state index contributed by atoms with van der Waals surface area (Å²) < 4.78 is 28.4. The summed E-state index contributed by atoms with van der Waals surface area (Å²) in [6.45, 7) is 2.90. The van der Waals surface area contributed by atoms with Crippen LogP contribution in [0.15, 0.2) is 41.3 Å². The number of carbonyl (C=O) groups excluding carboxylic acids is 3. The van der Waals surface area contributed by atoms with Gasteiger partial charge in [0.05, 0.1) is 16.4 Å². The summed E-state index contributed by atoms with van der Waals surface area (Å²) in [5, 5.41) is 2.72. The molecule has 3 rings (SSSR count). The van der Waals surface area contributed by atoms with Gasteiger partial charge in [0, 0.05) is 17.5 Å². The highest BCUT2D eigenvalue weighted by Gasteiger charge is 2.27. The largest absolute Gasteiger partial charge is 0.454 e. The highest BCUT2D eigenvalue weighted by Crippen LogP contribution is 2.32. The maximum Gasteiger partial charge on any atom is 0.338 e. The van der Waals surface area contributed by atoms with Crippen LogP contribution < -0.4 is 5.32 Å². The number of amides is 1. The average molecular weight is 401 g/mol. The number of fused-ring (bicyclic) bond motifs is 1. The first kappa shape index (κ1) is 19.8. The lowest BCUT2D eigenvalue weighted by Gasteiger charge is -2.09. The Morgan fingerprint density at radius 1 is 1.14 bits per heavy atom. The zero-order valence-corrected chi connectivity index (χ0v) is 16.4. The number of esters is 1. The van der Waals surface area contributed by atoms with Crippen molar-refractivity contribution in [2.45, 2.75) is 24.7 Å². The summed E-state index contributed by atoms with van der Waals surface area (Å²) in [7, 11) is -3.47. The minimum Gasteiger partial charge on any atom is -0.454 e. The minimum atomic E-state index is -3.47. The van der Waals surface area contributed by atoms with E-state index in [9.17, 15) is 22.8 Å². The van der Waals surface area contributed by atoms with Gasteiger partial charge >= 0.3 is 5.97 Å². The van der Waals surface area contributed by atoms with Crippen LogP contribution in [-0.4, -0.2) is 38.9 Å². The molecule has 8 heteroatoms. The fraction of sp³-hybridized carbons (Fsp3) is 0.250. The molecule has 28 heavy (non-hydrogen) atoms. The number of hydrogen-bond donors (Lipinski definition) is 1. The molecule has 1 amide bonds. The van der Waals surface area contributed by atoms with E-state index in [1.165, 1.54) is 18.2 Å². The molecular formula is C20H19NO6S. The van der Waals surface area contributed by atoms with Crippen molar-refractivity contribution in [3.63, 3.8) is 0 Å². The Balaban J connectivity index is 1.74. The lowest BCUT2D eigenvalue weighted by molar-refractivity contribution is -0.116. The summed E-state index contributed by atoms with van der Waals surface area (Å²) >= 11 is 0. The Morgan fingerprint density at radius 3 is 2.54 bits per heavy atom. The number of hydrogen-bond acceptors (Lipinski definition) is 6. The molecule has 1 atom stereocenters. The summed E-state index contributed by atoms with van der Waals surface area (Å²) in [5.74, 6) is -1.68. The van der Waals surface area contributed by atoms with Crippen LogP contribution in [0.25, 0.3) is 0 Å². The third-order valence-corrected chi connectivity index (χ3v) is 5.79. The molecular weight excluding hydrogens is 382 g/mol. The Bertz CT molecular complexity index is 1100. The SMILES string of the molecule is Cc1ccc(S(C)(=O)=O)cc1C(=O)OCC(=O)c1ccc2c(c1)[C@@H](C)C(=O)N2. The van der Waals surface area contributed by atoms with Gasteiger partial charge in [-0.15, -0.1) is 0 Å². The van der Waals surface area contributed by atoms with E-state index in [1.54, 1.807) is 32.0 Å². The molecule has 0 spiro atoms. The molecule has 0 radical (unpaired) electrons. The van der Waals surface area contributed by atoms with E-state index in [4.69, 9.17) is 4.74 Å². The number of rotatable bonds is 5. The molecule has 0 fully saturated rings. The number of benzene rings is 2. The van der Waals surface area contributed by atoms with Gasteiger partial charge in [-0.05, 0) is 55.3 Å². The van der Waals surface area contributed by atoms with Gasteiger partial charge in [0.1, 0.15) is 0 Å². The molecule has 0 bridgehead atoms. The van der Waals surface area contributed by atoms with Crippen molar-refractivity contribution >= 4 is 33.2 Å². The molecule has 0 aromatic heterocycles. The molecule has 2 aromatic rings. The van der Waals surface area contributed by atoms with Crippen LogP contribution in [0.3, 0.4) is 0 Å². The van der Waals surface area contributed by atoms with Crippen LogP contribution in [0.5, 0.6) is 0 Å². The molecule has 1 heterocycles. The van der Waals surface area contributed by atoms with E-state index < -0.39 is 28.2 Å². The third kappa shape index (κ3) is 3.82. The second-order valence-corrected chi connectivity index (χ2v) is 8.78. The molecule has 0 unspecified atom stereocenters. The first-order valence-corrected chi connectivity index (χ1v) is 10.4. The van der Waals surface area contributed by atoms with Gasteiger partial charge in [-0.25, -0.2) is 13.2 Å². The van der Waals surface area contributed by atoms with Crippen LogP contribution in [0, 0.1) is 6.92 Å². The van der Waals surface area contributed by atoms with Gasteiger partial charge in [-0.1, -0.05) is 6.07 Å². The highest BCUT2D eigenvalue weighted by molar-refractivity contribution is 7.90. The first-order chi connectivity index (χ1) is 13.1. The Hall–Kier alpha value is -3.00. The van der Waals surface area contributed by atoms with Gasteiger partial charge in [0.15, 0.2) is 22.2 Å². The summed E-state index contributed by atoms with van der Waals surface area (Å²) in [6.07, 6.45) is 1.05.